The lowest BCUT2D eigenvalue weighted by molar-refractivity contribution is -0.148. The molecule has 11 nitrogen and oxygen atoms in total. The van der Waals surface area contributed by atoms with Gasteiger partial charge in [0, 0.05) is 13.0 Å². The minimum absolute atomic E-state index is 0.0532. The van der Waals surface area contributed by atoms with Gasteiger partial charge in [0.1, 0.15) is 12.1 Å². The average molecular weight is 399 g/mol. The van der Waals surface area contributed by atoms with Crippen molar-refractivity contribution in [2.24, 2.45) is 17.4 Å². The van der Waals surface area contributed by atoms with Crippen LogP contribution in [0.25, 0.3) is 0 Å². The third-order valence-corrected chi connectivity index (χ3v) is 4.56. The van der Waals surface area contributed by atoms with Crippen molar-refractivity contribution in [2.75, 3.05) is 13.1 Å². The molecular weight excluding hydrogens is 370 g/mol. The first-order chi connectivity index (χ1) is 13.0. The van der Waals surface area contributed by atoms with E-state index in [4.69, 9.17) is 16.6 Å². The van der Waals surface area contributed by atoms with Crippen LogP contribution in [0.1, 0.15) is 39.5 Å². The molecule has 0 aromatic rings. The number of primary amides is 1. The summed E-state index contributed by atoms with van der Waals surface area (Å²) in [6.45, 7) is 3.38. The van der Waals surface area contributed by atoms with Crippen LogP contribution in [0.2, 0.25) is 0 Å². The first-order valence-corrected chi connectivity index (χ1v) is 9.18. The van der Waals surface area contributed by atoms with Gasteiger partial charge in [-0.05, 0) is 25.2 Å². The summed E-state index contributed by atoms with van der Waals surface area (Å²) in [4.78, 5) is 60.0. The summed E-state index contributed by atoms with van der Waals surface area (Å²) < 4.78 is 0. The number of nitrogens with one attached hydrogen (secondary N) is 2. The van der Waals surface area contributed by atoms with Gasteiger partial charge >= 0.3 is 5.97 Å². The van der Waals surface area contributed by atoms with Crippen LogP contribution in [0.4, 0.5) is 0 Å². The van der Waals surface area contributed by atoms with E-state index in [1.54, 1.807) is 13.8 Å². The van der Waals surface area contributed by atoms with Crippen molar-refractivity contribution in [3.05, 3.63) is 0 Å². The number of likely N-dealkylation sites (tertiary alicyclic amines) is 1. The van der Waals surface area contributed by atoms with Crippen LogP contribution in [0.5, 0.6) is 0 Å². The van der Waals surface area contributed by atoms with Crippen LogP contribution >= 0.6 is 0 Å². The highest BCUT2D eigenvalue weighted by Crippen LogP contribution is 2.17. The van der Waals surface area contributed by atoms with Crippen molar-refractivity contribution in [1.29, 1.82) is 0 Å². The van der Waals surface area contributed by atoms with E-state index in [-0.39, 0.29) is 25.3 Å². The summed E-state index contributed by atoms with van der Waals surface area (Å²) in [5.41, 5.74) is 10.7. The zero-order valence-corrected chi connectivity index (χ0v) is 16.1. The normalized spacial score (nSPS) is 18.4. The molecule has 4 amide bonds. The Bertz CT molecular complexity index is 623. The van der Waals surface area contributed by atoms with Gasteiger partial charge in [0.05, 0.1) is 12.6 Å². The van der Waals surface area contributed by atoms with Crippen LogP contribution < -0.4 is 22.1 Å². The SMILES string of the molecule is CC(C)C(NC(=O)C(N)CCC(N)=O)C(=O)NCC(=O)N1CCCC1C(=O)O. The molecule has 1 aliphatic heterocycles. The van der Waals surface area contributed by atoms with Gasteiger partial charge < -0.3 is 32.1 Å². The fraction of sp³-hybridized carbons (Fsp3) is 0.706. The molecule has 11 heteroatoms. The fourth-order valence-corrected chi connectivity index (χ4v) is 2.92. The Morgan fingerprint density at radius 2 is 1.82 bits per heavy atom. The van der Waals surface area contributed by atoms with E-state index in [0.29, 0.717) is 19.4 Å². The highest BCUT2D eigenvalue weighted by molar-refractivity contribution is 5.93. The van der Waals surface area contributed by atoms with Gasteiger partial charge in [-0.25, -0.2) is 4.79 Å². The van der Waals surface area contributed by atoms with Crippen molar-refractivity contribution in [2.45, 2.75) is 57.7 Å². The molecule has 7 N–H and O–H groups in total. The van der Waals surface area contributed by atoms with Crippen molar-refractivity contribution >= 4 is 29.6 Å². The molecule has 1 fully saturated rings. The van der Waals surface area contributed by atoms with Gasteiger partial charge in [-0.15, -0.1) is 0 Å². The predicted octanol–water partition coefficient (Wildman–Crippen LogP) is -2.09. The van der Waals surface area contributed by atoms with Crippen molar-refractivity contribution in [3.63, 3.8) is 0 Å². The molecule has 3 unspecified atom stereocenters. The maximum absolute atomic E-state index is 12.4. The highest BCUT2D eigenvalue weighted by Gasteiger charge is 2.34. The van der Waals surface area contributed by atoms with E-state index < -0.39 is 47.7 Å². The van der Waals surface area contributed by atoms with E-state index >= 15 is 0 Å². The molecule has 0 bridgehead atoms. The second kappa shape index (κ2) is 10.6. The summed E-state index contributed by atoms with van der Waals surface area (Å²) in [6, 6.07) is -2.81. The largest absolute Gasteiger partial charge is 0.480 e. The maximum Gasteiger partial charge on any atom is 0.326 e. The minimum atomic E-state index is -1.07. The Morgan fingerprint density at radius 1 is 1.18 bits per heavy atom. The number of carbonyl (C=O) groups excluding carboxylic acids is 4. The number of carboxylic acid groups (broad SMARTS) is 1. The molecular formula is C17H29N5O6. The quantitative estimate of drug-likeness (QED) is 0.279. The maximum atomic E-state index is 12.4. The van der Waals surface area contributed by atoms with Crippen molar-refractivity contribution in [1.82, 2.24) is 15.5 Å². The van der Waals surface area contributed by atoms with Crippen LogP contribution in [-0.4, -0.2) is 70.8 Å². The Balaban J connectivity index is 2.60. The first-order valence-electron chi connectivity index (χ1n) is 9.18. The van der Waals surface area contributed by atoms with Crippen LogP contribution in [0, 0.1) is 5.92 Å². The van der Waals surface area contributed by atoms with E-state index in [0.717, 1.165) is 0 Å². The molecule has 0 saturated carbocycles. The Labute approximate surface area is 163 Å². The van der Waals surface area contributed by atoms with Gasteiger partial charge in [0.2, 0.25) is 23.6 Å². The molecule has 1 heterocycles. The number of hydrogen-bond donors (Lipinski definition) is 5. The molecule has 0 aromatic heterocycles. The smallest absolute Gasteiger partial charge is 0.326 e. The molecule has 0 aliphatic carbocycles. The lowest BCUT2D eigenvalue weighted by Gasteiger charge is -2.25. The van der Waals surface area contributed by atoms with Crippen LogP contribution in [0.3, 0.4) is 0 Å². The Hall–Kier alpha value is -2.69. The summed E-state index contributed by atoms with van der Waals surface area (Å²) in [7, 11) is 0. The molecule has 158 valence electrons. The van der Waals surface area contributed by atoms with E-state index in [1.807, 2.05) is 0 Å². The zero-order valence-electron chi connectivity index (χ0n) is 16.1. The number of nitrogens with two attached hydrogens (primary N) is 2. The van der Waals surface area contributed by atoms with Crippen molar-refractivity contribution < 1.29 is 29.1 Å². The lowest BCUT2D eigenvalue weighted by atomic mass is 10.0. The van der Waals surface area contributed by atoms with Gasteiger partial charge in [-0.2, -0.15) is 0 Å². The second-order valence-corrected chi connectivity index (χ2v) is 7.14. The number of carbonyl (C=O) groups is 5. The zero-order chi connectivity index (χ0) is 21.4. The molecule has 28 heavy (non-hydrogen) atoms. The predicted molar refractivity (Wildman–Crippen MR) is 98.6 cm³/mol. The molecule has 1 aliphatic rings. The Morgan fingerprint density at radius 3 is 2.36 bits per heavy atom. The standard InChI is InChI=1S/C17H29N5O6/c1-9(2)14(21-15(25)10(18)5-6-12(19)23)16(26)20-8-13(24)22-7-3-4-11(22)17(27)28/h9-11,14H,3-8,18H2,1-2H3,(H2,19,23)(H,20,26)(H,21,25)(H,27,28). The number of carboxylic acids is 1. The molecule has 0 spiro atoms. The van der Waals surface area contributed by atoms with Gasteiger partial charge in [0.25, 0.3) is 0 Å². The molecule has 0 radical (unpaired) electrons. The number of hydrogen-bond acceptors (Lipinski definition) is 6. The summed E-state index contributed by atoms with van der Waals surface area (Å²) in [5, 5.41) is 14.1. The van der Waals surface area contributed by atoms with Gasteiger partial charge in [-0.3, -0.25) is 19.2 Å². The monoisotopic (exact) mass is 399 g/mol. The van der Waals surface area contributed by atoms with E-state index in [9.17, 15) is 24.0 Å². The number of amides is 4. The van der Waals surface area contributed by atoms with Gasteiger partial charge in [0.15, 0.2) is 0 Å². The topological polar surface area (TPSA) is 185 Å². The third-order valence-electron chi connectivity index (χ3n) is 4.56. The molecule has 3 atom stereocenters. The lowest BCUT2D eigenvalue weighted by Crippen LogP contribution is -2.55. The molecule has 0 aromatic carbocycles. The number of rotatable bonds is 10. The van der Waals surface area contributed by atoms with Crippen LogP contribution in [0.15, 0.2) is 0 Å². The first kappa shape index (κ1) is 23.3. The van der Waals surface area contributed by atoms with E-state index in [1.165, 1.54) is 4.90 Å². The molecule has 1 rings (SSSR count). The van der Waals surface area contributed by atoms with Crippen molar-refractivity contribution in [3.8, 4) is 0 Å². The fourth-order valence-electron chi connectivity index (χ4n) is 2.92. The third kappa shape index (κ3) is 6.80. The highest BCUT2D eigenvalue weighted by atomic mass is 16.4. The Kier molecular flexibility index (Phi) is 8.83. The summed E-state index contributed by atoms with van der Waals surface area (Å²) in [6.07, 6.45) is 0.966. The number of aliphatic carboxylic acids is 1. The van der Waals surface area contributed by atoms with Crippen LogP contribution in [-0.2, 0) is 24.0 Å². The molecule has 1 saturated heterocycles. The van der Waals surface area contributed by atoms with E-state index in [2.05, 4.69) is 10.6 Å². The summed E-state index contributed by atoms with van der Waals surface area (Å²) in [5.74, 6) is -3.63. The number of nitrogens with zero attached hydrogens (tertiary/aromatic N) is 1. The summed E-state index contributed by atoms with van der Waals surface area (Å²) >= 11 is 0. The minimum Gasteiger partial charge on any atom is -0.480 e. The average Bonchev–Trinajstić information content (AvgIpc) is 3.11. The van der Waals surface area contributed by atoms with Gasteiger partial charge in [-0.1, -0.05) is 13.8 Å². The second-order valence-electron chi connectivity index (χ2n) is 7.14.